The molecule has 1 aliphatic heterocycles. The molecule has 0 saturated carbocycles. The molecule has 1 fully saturated rings. The van der Waals surface area contributed by atoms with E-state index in [9.17, 15) is 9.59 Å². The SMILES string of the molecule is COC(=O)C(C)N1CCC(C(=O)c2ccc(CC(C)C)cc2)CC1. The summed E-state index contributed by atoms with van der Waals surface area (Å²) in [7, 11) is 1.41. The molecule has 1 atom stereocenters. The van der Waals surface area contributed by atoms with Gasteiger partial charge in [-0.1, -0.05) is 38.1 Å². The van der Waals surface area contributed by atoms with Crippen LogP contribution in [0.2, 0.25) is 0 Å². The molecule has 0 N–H and O–H groups in total. The lowest BCUT2D eigenvalue weighted by molar-refractivity contribution is -0.146. The molecule has 1 aliphatic rings. The average molecular weight is 331 g/mol. The molecule has 0 aromatic heterocycles. The highest BCUT2D eigenvalue weighted by Gasteiger charge is 2.30. The summed E-state index contributed by atoms with van der Waals surface area (Å²) in [5, 5.41) is 0. The normalized spacial score (nSPS) is 17.7. The maximum Gasteiger partial charge on any atom is 0.322 e. The number of ketones is 1. The first-order valence-electron chi connectivity index (χ1n) is 8.87. The fourth-order valence-electron chi connectivity index (χ4n) is 3.38. The Balaban J connectivity index is 1.91. The first-order valence-corrected chi connectivity index (χ1v) is 8.87. The topological polar surface area (TPSA) is 46.6 Å². The molecule has 1 heterocycles. The molecule has 0 aliphatic carbocycles. The number of methoxy groups -OCH3 is 1. The van der Waals surface area contributed by atoms with Crippen LogP contribution in [0.1, 0.15) is 49.5 Å². The van der Waals surface area contributed by atoms with E-state index < -0.39 is 0 Å². The Morgan fingerprint density at radius 2 is 1.71 bits per heavy atom. The van der Waals surface area contributed by atoms with Crippen LogP contribution in [-0.4, -0.2) is 42.9 Å². The van der Waals surface area contributed by atoms with Crippen LogP contribution in [0.4, 0.5) is 0 Å². The van der Waals surface area contributed by atoms with Gasteiger partial charge < -0.3 is 4.74 Å². The van der Waals surface area contributed by atoms with Crippen LogP contribution in [0, 0.1) is 11.8 Å². The Kier molecular flexibility index (Phi) is 6.55. The Bertz CT molecular complexity index is 557. The first-order chi connectivity index (χ1) is 11.4. The number of carbonyl (C=O) groups is 2. The van der Waals surface area contributed by atoms with Crippen molar-refractivity contribution in [1.29, 1.82) is 0 Å². The van der Waals surface area contributed by atoms with Crippen molar-refractivity contribution in [3.63, 3.8) is 0 Å². The van der Waals surface area contributed by atoms with Crippen molar-refractivity contribution in [1.82, 2.24) is 4.90 Å². The zero-order valence-electron chi connectivity index (χ0n) is 15.2. The molecule has 0 radical (unpaired) electrons. The predicted molar refractivity (Wildman–Crippen MR) is 95.1 cm³/mol. The van der Waals surface area contributed by atoms with E-state index in [0.29, 0.717) is 5.92 Å². The van der Waals surface area contributed by atoms with Crippen LogP contribution in [0.15, 0.2) is 24.3 Å². The summed E-state index contributed by atoms with van der Waals surface area (Å²) in [6.07, 6.45) is 2.64. The third kappa shape index (κ3) is 4.67. The Labute approximate surface area is 145 Å². The second-order valence-electron chi connectivity index (χ2n) is 7.17. The summed E-state index contributed by atoms with van der Waals surface area (Å²) in [4.78, 5) is 26.4. The quantitative estimate of drug-likeness (QED) is 0.592. The zero-order chi connectivity index (χ0) is 17.7. The molecule has 1 unspecified atom stereocenters. The van der Waals surface area contributed by atoms with Crippen molar-refractivity contribution in [2.45, 2.75) is 46.1 Å². The van der Waals surface area contributed by atoms with Crippen molar-refractivity contribution in [3.05, 3.63) is 35.4 Å². The van der Waals surface area contributed by atoms with E-state index in [1.54, 1.807) is 0 Å². The van der Waals surface area contributed by atoms with Crippen LogP contribution in [0.3, 0.4) is 0 Å². The number of hydrogen-bond acceptors (Lipinski definition) is 4. The molecule has 4 nitrogen and oxygen atoms in total. The predicted octanol–water partition coefficient (Wildman–Crippen LogP) is 3.34. The number of nitrogens with zero attached hydrogens (tertiary/aromatic N) is 1. The Hall–Kier alpha value is -1.68. The van der Waals surface area contributed by atoms with Gasteiger partial charge in [0.15, 0.2) is 5.78 Å². The van der Waals surface area contributed by atoms with Crippen LogP contribution >= 0.6 is 0 Å². The summed E-state index contributed by atoms with van der Waals surface area (Å²) >= 11 is 0. The molecule has 2 rings (SSSR count). The number of rotatable bonds is 6. The van der Waals surface area contributed by atoms with Gasteiger partial charge in [0.2, 0.25) is 0 Å². The second kappa shape index (κ2) is 8.43. The summed E-state index contributed by atoms with van der Waals surface area (Å²) in [6, 6.07) is 7.83. The molecule has 0 amide bonds. The van der Waals surface area contributed by atoms with Gasteiger partial charge in [-0.2, -0.15) is 0 Å². The van der Waals surface area contributed by atoms with Gasteiger partial charge in [-0.15, -0.1) is 0 Å². The van der Waals surface area contributed by atoms with Crippen LogP contribution in [0.5, 0.6) is 0 Å². The fraction of sp³-hybridized carbons (Fsp3) is 0.600. The van der Waals surface area contributed by atoms with Gasteiger partial charge >= 0.3 is 5.97 Å². The van der Waals surface area contributed by atoms with Crippen molar-refractivity contribution >= 4 is 11.8 Å². The first kappa shape index (κ1) is 18.7. The van der Waals surface area contributed by atoms with Gasteiger partial charge in [0.1, 0.15) is 6.04 Å². The highest BCUT2D eigenvalue weighted by molar-refractivity contribution is 5.98. The van der Waals surface area contributed by atoms with Gasteiger partial charge in [0.25, 0.3) is 0 Å². The molecule has 1 aromatic rings. The van der Waals surface area contributed by atoms with E-state index in [1.807, 2.05) is 19.1 Å². The molecule has 4 heteroatoms. The van der Waals surface area contributed by atoms with Crippen LogP contribution < -0.4 is 0 Å². The lowest BCUT2D eigenvalue weighted by Gasteiger charge is -2.34. The maximum absolute atomic E-state index is 12.7. The second-order valence-corrected chi connectivity index (χ2v) is 7.17. The minimum Gasteiger partial charge on any atom is -0.468 e. The number of hydrogen-bond donors (Lipinski definition) is 0. The third-order valence-electron chi connectivity index (χ3n) is 4.87. The highest BCUT2D eigenvalue weighted by Crippen LogP contribution is 2.23. The highest BCUT2D eigenvalue weighted by atomic mass is 16.5. The van der Waals surface area contributed by atoms with Gasteiger partial charge in [0.05, 0.1) is 7.11 Å². The number of likely N-dealkylation sites (tertiary alicyclic amines) is 1. The van der Waals surface area contributed by atoms with E-state index in [0.717, 1.165) is 37.9 Å². The fourth-order valence-corrected chi connectivity index (χ4v) is 3.38. The molecule has 24 heavy (non-hydrogen) atoms. The summed E-state index contributed by atoms with van der Waals surface area (Å²) in [6.45, 7) is 7.78. The van der Waals surface area contributed by atoms with Crippen LogP contribution in [0.25, 0.3) is 0 Å². The van der Waals surface area contributed by atoms with E-state index >= 15 is 0 Å². The summed E-state index contributed by atoms with van der Waals surface area (Å²) in [5.74, 6) is 0.701. The zero-order valence-corrected chi connectivity index (χ0v) is 15.2. The Morgan fingerprint density at radius 1 is 1.12 bits per heavy atom. The molecular weight excluding hydrogens is 302 g/mol. The van der Waals surface area contributed by atoms with Gasteiger partial charge in [-0.25, -0.2) is 0 Å². The minimum atomic E-state index is -0.235. The maximum atomic E-state index is 12.7. The van der Waals surface area contributed by atoms with E-state index in [2.05, 4.69) is 30.9 Å². The smallest absolute Gasteiger partial charge is 0.322 e. The number of Topliss-reactive ketones (excluding diaryl/α,β-unsaturated/α-hetero) is 1. The van der Waals surface area contributed by atoms with Gasteiger partial charge in [-0.3, -0.25) is 14.5 Å². The van der Waals surface area contributed by atoms with Crippen LogP contribution in [-0.2, 0) is 16.0 Å². The molecule has 132 valence electrons. The van der Waals surface area contributed by atoms with E-state index in [1.165, 1.54) is 12.7 Å². The number of piperidine rings is 1. The van der Waals surface area contributed by atoms with E-state index in [-0.39, 0.29) is 23.7 Å². The minimum absolute atomic E-state index is 0.0574. The van der Waals surface area contributed by atoms with Crippen molar-refractivity contribution in [3.8, 4) is 0 Å². The molecule has 1 saturated heterocycles. The third-order valence-corrected chi connectivity index (χ3v) is 4.87. The standard InChI is InChI=1S/C20H29NO3/c1-14(2)13-16-5-7-17(8-6-16)19(22)18-9-11-21(12-10-18)15(3)20(23)24-4/h5-8,14-15,18H,9-13H2,1-4H3. The van der Waals surface area contributed by atoms with Crippen molar-refractivity contribution in [2.75, 3.05) is 20.2 Å². The average Bonchev–Trinajstić information content (AvgIpc) is 2.60. The largest absolute Gasteiger partial charge is 0.468 e. The molecule has 1 aromatic carbocycles. The van der Waals surface area contributed by atoms with Gasteiger partial charge in [-0.05, 0) is 50.8 Å². The van der Waals surface area contributed by atoms with E-state index in [4.69, 9.17) is 4.74 Å². The Morgan fingerprint density at radius 3 is 2.21 bits per heavy atom. The molecule has 0 spiro atoms. The summed E-state index contributed by atoms with van der Waals surface area (Å²) in [5.41, 5.74) is 2.09. The molecular formula is C20H29NO3. The number of carbonyl (C=O) groups excluding carboxylic acids is 2. The summed E-state index contributed by atoms with van der Waals surface area (Å²) < 4.78 is 4.80. The van der Waals surface area contributed by atoms with Crippen molar-refractivity contribution < 1.29 is 14.3 Å². The van der Waals surface area contributed by atoms with Gasteiger partial charge in [0, 0.05) is 11.5 Å². The molecule has 0 bridgehead atoms. The number of benzene rings is 1. The number of esters is 1. The lowest BCUT2D eigenvalue weighted by Crippen LogP contribution is -2.45. The number of ether oxygens (including phenoxy) is 1. The lowest BCUT2D eigenvalue weighted by atomic mass is 9.88. The van der Waals surface area contributed by atoms with Crippen molar-refractivity contribution in [2.24, 2.45) is 11.8 Å². The monoisotopic (exact) mass is 331 g/mol.